The number of hydrogen-bond donors (Lipinski definition) is 1. The lowest BCUT2D eigenvalue weighted by atomic mass is 10.1. The Morgan fingerprint density at radius 1 is 1.17 bits per heavy atom. The van der Waals surface area contributed by atoms with Crippen LogP contribution in [0.2, 0.25) is 0 Å². The number of nitrogens with one attached hydrogen (secondary N) is 1. The largest absolute Gasteiger partial charge is 0.493 e. The van der Waals surface area contributed by atoms with Crippen LogP contribution < -0.4 is 14.8 Å². The van der Waals surface area contributed by atoms with E-state index in [1.807, 2.05) is 61.5 Å². The molecular weight excluding hydrogens is 479 g/mol. The Balaban J connectivity index is 1.87. The van der Waals surface area contributed by atoms with E-state index in [1.54, 1.807) is 13.2 Å². The van der Waals surface area contributed by atoms with E-state index in [-0.39, 0.29) is 5.57 Å². The van der Waals surface area contributed by atoms with E-state index in [2.05, 4.69) is 27.9 Å². The van der Waals surface area contributed by atoms with E-state index in [9.17, 15) is 10.1 Å². The fraction of sp³-hybridized carbons (Fsp3) is 0.130. The Morgan fingerprint density at radius 3 is 2.62 bits per heavy atom. The summed E-state index contributed by atoms with van der Waals surface area (Å²) >= 11 is 2.14. The van der Waals surface area contributed by atoms with Crippen molar-refractivity contribution < 1.29 is 14.3 Å². The first-order valence-electron chi connectivity index (χ1n) is 8.98. The van der Waals surface area contributed by atoms with Crippen molar-refractivity contribution in [3.63, 3.8) is 0 Å². The lowest BCUT2D eigenvalue weighted by Gasteiger charge is -2.12. The second-order valence-electron chi connectivity index (χ2n) is 6.15. The van der Waals surface area contributed by atoms with Crippen LogP contribution in [-0.2, 0) is 4.79 Å². The molecule has 0 heterocycles. The third-order valence-electron chi connectivity index (χ3n) is 4.22. The number of nitrogens with zero attached hydrogens (tertiary/aromatic N) is 1. The van der Waals surface area contributed by atoms with Crippen molar-refractivity contribution in [3.8, 4) is 17.6 Å². The number of nitriles is 1. The Labute approximate surface area is 183 Å². The molecule has 0 saturated heterocycles. The van der Waals surface area contributed by atoms with Crippen LogP contribution >= 0.6 is 22.6 Å². The van der Waals surface area contributed by atoms with Crippen molar-refractivity contribution in [1.82, 2.24) is 0 Å². The van der Waals surface area contributed by atoms with Crippen molar-refractivity contribution in [1.29, 1.82) is 5.26 Å². The third-order valence-corrected chi connectivity index (χ3v) is 5.03. The van der Waals surface area contributed by atoms with Gasteiger partial charge in [-0.3, -0.25) is 4.79 Å². The minimum absolute atomic E-state index is 0.000159. The highest BCUT2D eigenvalue weighted by Gasteiger charge is 2.14. The van der Waals surface area contributed by atoms with E-state index >= 15 is 0 Å². The van der Waals surface area contributed by atoms with Crippen LogP contribution in [0.15, 0.2) is 60.2 Å². The zero-order chi connectivity index (χ0) is 20.8. The number of carbonyl (C=O) groups excluding carboxylic acids is 1. The van der Waals surface area contributed by atoms with Gasteiger partial charge in [-0.05, 0) is 76.2 Å². The average Bonchev–Trinajstić information content (AvgIpc) is 2.73. The fourth-order valence-electron chi connectivity index (χ4n) is 2.89. The molecule has 3 rings (SSSR count). The molecule has 0 saturated carbocycles. The summed E-state index contributed by atoms with van der Waals surface area (Å²) in [5.41, 5.74) is 1.31. The molecule has 0 atom stereocenters. The third kappa shape index (κ3) is 4.87. The number of anilines is 1. The molecule has 0 spiro atoms. The molecule has 3 aromatic carbocycles. The predicted molar refractivity (Wildman–Crippen MR) is 123 cm³/mol. The average molecular weight is 498 g/mol. The molecule has 0 radical (unpaired) electrons. The summed E-state index contributed by atoms with van der Waals surface area (Å²) in [7, 11) is 1.55. The summed E-state index contributed by atoms with van der Waals surface area (Å²) in [6.45, 7) is 2.41. The zero-order valence-electron chi connectivity index (χ0n) is 16.0. The minimum Gasteiger partial charge on any atom is -0.493 e. The molecule has 0 aliphatic rings. The molecule has 0 fully saturated rings. The van der Waals surface area contributed by atoms with Gasteiger partial charge in [-0.1, -0.05) is 30.3 Å². The lowest BCUT2D eigenvalue weighted by molar-refractivity contribution is -0.112. The molecule has 3 aromatic rings. The number of ether oxygens (including phenoxy) is 2. The highest BCUT2D eigenvalue weighted by molar-refractivity contribution is 14.1. The van der Waals surface area contributed by atoms with E-state index < -0.39 is 5.91 Å². The molecule has 6 heteroatoms. The van der Waals surface area contributed by atoms with Crippen LogP contribution in [-0.4, -0.2) is 19.6 Å². The van der Waals surface area contributed by atoms with Crippen LogP contribution in [0.25, 0.3) is 16.8 Å². The number of fused-ring (bicyclic) bond motifs is 1. The lowest BCUT2D eigenvalue weighted by Crippen LogP contribution is -2.13. The minimum atomic E-state index is -0.467. The zero-order valence-corrected chi connectivity index (χ0v) is 18.2. The molecule has 1 amide bonds. The van der Waals surface area contributed by atoms with Crippen LogP contribution in [0, 0.1) is 14.9 Å². The number of halogens is 1. The maximum atomic E-state index is 12.6. The Hall–Kier alpha value is -3.05. The quantitative estimate of drug-likeness (QED) is 0.281. The molecule has 5 nitrogen and oxygen atoms in total. The van der Waals surface area contributed by atoms with Gasteiger partial charge in [0.15, 0.2) is 11.5 Å². The number of carbonyl (C=O) groups is 1. The highest BCUT2D eigenvalue weighted by Crippen LogP contribution is 2.34. The number of methoxy groups -OCH3 is 1. The maximum Gasteiger partial charge on any atom is 0.266 e. The number of hydrogen-bond acceptors (Lipinski definition) is 4. The second-order valence-corrected chi connectivity index (χ2v) is 7.32. The number of benzene rings is 3. The van der Waals surface area contributed by atoms with Gasteiger partial charge < -0.3 is 14.8 Å². The molecule has 0 unspecified atom stereocenters. The van der Waals surface area contributed by atoms with Crippen LogP contribution in [0.3, 0.4) is 0 Å². The molecule has 0 aromatic heterocycles. The summed E-state index contributed by atoms with van der Waals surface area (Å²) in [6.07, 6.45) is 1.54. The van der Waals surface area contributed by atoms with Crippen molar-refractivity contribution in [2.45, 2.75) is 6.92 Å². The Kier molecular flexibility index (Phi) is 6.73. The standard InChI is InChI=1S/C23H19IN2O3/c1-3-29-22-20(24)11-15(12-21(22)28-2)10-18(14-25)23(27)26-19-9-8-16-6-4-5-7-17(16)13-19/h4-13H,3H2,1-2H3,(H,26,27)/b18-10+. The van der Waals surface area contributed by atoms with Gasteiger partial charge in [0.1, 0.15) is 11.6 Å². The first kappa shape index (κ1) is 20.7. The van der Waals surface area contributed by atoms with Gasteiger partial charge in [0, 0.05) is 5.69 Å². The second kappa shape index (κ2) is 9.43. The monoisotopic (exact) mass is 498 g/mol. The van der Waals surface area contributed by atoms with E-state index in [1.165, 1.54) is 6.08 Å². The van der Waals surface area contributed by atoms with Gasteiger partial charge in [-0.25, -0.2) is 0 Å². The summed E-state index contributed by atoms with van der Waals surface area (Å²) in [5, 5.41) is 14.4. The van der Waals surface area contributed by atoms with E-state index in [4.69, 9.17) is 9.47 Å². The summed E-state index contributed by atoms with van der Waals surface area (Å²) < 4.78 is 11.8. The normalized spacial score (nSPS) is 11.0. The maximum absolute atomic E-state index is 12.6. The molecule has 29 heavy (non-hydrogen) atoms. The molecule has 0 aliphatic carbocycles. The summed E-state index contributed by atoms with van der Waals surface area (Å²) in [4.78, 5) is 12.6. The molecule has 0 aliphatic heterocycles. The first-order chi connectivity index (χ1) is 14.0. The number of amides is 1. The SMILES string of the molecule is CCOc1c(I)cc(/C=C(\C#N)C(=O)Nc2ccc3ccccc3c2)cc1OC. The van der Waals surface area contributed by atoms with Crippen molar-refractivity contribution in [3.05, 3.63) is 69.3 Å². The van der Waals surface area contributed by atoms with Crippen molar-refractivity contribution in [2.24, 2.45) is 0 Å². The van der Waals surface area contributed by atoms with Crippen LogP contribution in [0.5, 0.6) is 11.5 Å². The first-order valence-corrected chi connectivity index (χ1v) is 10.1. The van der Waals surface area contributed by atoms with Crippen molar-refractivity contribution in [2.75, 3.05) is 19.0 Å². The van der Waals surface area contributed by atoms with Gasteiger partial charge in [0.2, 0.25) is 0 Å². The van der Waals surface area contributed by atoms with Crippen LogP contribution in [0.1, 0.15) is 12.5 Å². The van der Waals surface area contributed by atoms with E-state index in [0.717, 1.165) is 14.3 Å². The fourth-order valence-corrected chi connectivity index (χ4v) is 3.67. The molecule has 146 valence electrons. The summed E-state index contributed by atoms with van der Waals surface area (Å²) in [5.74, 6) is 0.731. The molecule has 1 N–H and O–H groups in total. The van der Waals surface area contributed by atoms with E-state index in [0.29, 0.717) is 29.4 Å². The topological polar surface area (TPSA) is 71.3 Å². The Bertz CT molecular complexity index is 1130. The smallest absolute Gasteiger partial charge is 0.266 e. The molecule has 0 bridgehead atoms. The van der Waals surface area contributed by atoms with Crippen LogP contribution in [0.4, 0.5) is 5.69 Å². The van der Waals surface area contributed by atoms with Gasteiger partial charge in [-0.2, -0.15) is 5.26 Å². The Morgan fingerprint density at radius 2 is 1.93 bits per heavy atom. The van der Waals surface area contributed by atoms with Gasteiger partial charge in [0.05, 0.1) is 17.3 Å². The van der Waals surface area contributed by atoms with Gasteiger partial charge in [0.25, 0.3) is 5.91 Å². The number of rotatable bonds is 6. The van der Waals surface area contributed by atoms with Gasteiger partial charge >= 0.3 is 0 Å². The summed E-state index contributed by atoms with van der Waals surface area (Å²) in [6, 6.07) is 19.1. The highest BCUT2D eigenvalue weighted by atomic mass is 127. The van der Waals surface area contributed by atoms with Crippen molar-refractivity contribution >= 4 is 51.0 Å². The van der Waals surface area contributed by atoms with Gasteiger partial charge in [-0.15, -0.1) is 0 Å². The predicted octanol–water partition coefficient (Wildman–Crippen LogP) is 5.40. The molecular formula is C23H19IN2O3.